The van der Waals surface area contributed by atoms with Crippen molar-refractivity contribution in [3.8, 4) is 5.69 Å². The van der Waals surface area contributed by atoms with Crippen molar-refractivity contribution < 1.29 is 4.39 Å². The van der Waals surface area contributed by atoms with Crippen molar-refractivity contribution in [1.29, 1.82) is 0 Å². The van der Waals surface area contributed by atoms with Gasteiger partial charge in [-0.2, -0.15) is 4.98 Å². The van der Waals surface area contributed by atoms with Crippen molar-refractivity contribution in [3.63, 3.8) is 0 Å². The van der Waals surface area contributed by atoms with Crippen LogP contribution in [0.2, 0.25) is 0 Å². The molecule has 0 unspecified atom stereocenters. The van der Waals surface area contributed by atoms with E-state index < -0.39 is 0 Å². The van der Waals surface area contributed by atoms with Crippen molar-refractivity contribution in [2.45, 2.75) is 26.4 Å². The summed E-state index contributed by atoms with van der Waals surface area (Å²) in [6.07, 6.45) is 2.52. The number of fused-ring (bicyclic) bond motifs is 2. The lowest BCUT2D eigenvalue weighted by molar-refractivity contribution is 0.573. The van der Waals surface area contributed by atoms with Gasteiger partial charge in [-0.05, 0) is 67.4 Å². The number of nitrogens with zero attached hydrogens (tertiary/aromatic N) is 4. The molecular formula is C22H21FN6O. The molecule has 0 bridgehead atoms. The number of rotatable bonds is 4. The fourth-order valence-corrected chi connectivity index (χ4v) is 3.90. The van der Waals surface area contributed by atoms with Gasteiger partial charge in [0.05, 0.1) is 5.69 Å². The molecule has 0 aliphatic carbocycles. The molecule has 1 aliphatic heterocycles. The second-order valence-electron chi connectivity index (χ2n) is 7.28. The lowest BCUT2D eigenvalue weighted by Gasteiger charge is -2.18. The standard InChI is InChI=1S/C22H21FN6O/c1-2-28-21(30)19-13-25-22(26-17-6-3-15-12-24-10-9-14(15)11-17)27-20(19)29(28)18-7-4-16(23)5-8-18/h3-8,11,13,24H,2,9-10,12H2,1H3,(H,25,26,27). The molecule has 1 aliphatic rings. The molecule has 0 spiro atoms. The molecule has 0 amide bonds. The Kier molecular flexibility index (Phi) is 4.55. The summed E-state index contributed by atoms with van der Waals surface area (Å²) < 4.78 is 16.7. The average Bonchev–Trinajstić information content (AvgIpc) is 3.05. The van der Waals surface area contributed by atoms with Gasteiger partial charge in [0.2, 0.25) is 5.95 Å². The molecule has 2 aromatic carbocycles. The molecule has 2 aromatic heterocycles. The molecule has 152 valence electrons. The second kappa shape index (κ2) is 7.38. The van der Waals surface area contributed by atoms with Gasteiger partial charge in [-0.25, -0.2) is 18.7 Å². The normalized spacial score (nSPS) is 13.4. The van der Waals surface area contributed by atoms with Gasteiger partial charge < -0.3 is 10.6 Å². The number of hydrogen-bond acceptors (Lipinski definition) is 5. The van der Waals surface area contributed by atoms with Crippen LogP contribution in [0.25, 0.3) is 16.7 Å². The van der Waals surface area contributed by atoms with Crippen molar-refractivity contribution in [1.82, 2.24) is 24.6 Å². The third-order valence-electron chi connectivity index (χ3n) is 5.40. The van der Waals surface area contributed by atoms with Gasteiger partial charge >= 0.3 is 0 Å². The number of hydrogen-bond donors (Lipinski definition) is 2. The lowest BCUT2D eigenvalue weighted by atomic mass is 10.0. The van der Waals surface area contributed by atoms with Gasteiger partial charge in [0, 0.05) is 25.0 Å². The Balaban J connectivity index is 1.59. The number of nitrogens with one attached hydrogen (secondary N) is 2. The zero-order chi connectivity index (χ0) is 20.7. The Bertz CT molecular complexity index is 1290. The van der Waals surface area contributed by atoms with E-state index in [1.165, 1.54) is 23.3 Å². The van der Waals surface area contributed by atoms with Crippen LogP contribution in [-0.4, -0.2) is 25.9 Å². The van der Waals surface area contributed by atoms with Gasteiger partial charge in [0.15, 0.2) is 5.65 Å². The zero-order valence-corrected chi connectivity index (χ0v) is 16.5. The highest BCUT2D eigenvalue weighted by Gasteiger charge is 2.17. The molecule has 30 heavy (non-hydrogen) atoms. The van der Waals surface area contributed by atoms with Crippen LogP contribution in [0.1, 0.15) is 18.1 Å². The summed E-state index contributed by atoms with van der Waals surface area (Å²) in [6.45, 7) is 4.18. The molecule has 0 atom stereocenters. The molecular weight excluding hydrogens is 383 g/mol. The van der Waals surface area contributed by atoms with Crippen LogP contribution in [0.15, 0.2) is 53.5 Å². The average molecular weight is 404 g/mol. The SMILES string of the molecule is CCn1c(=O)c2cnc(Nc3ccc4c(c3)CCNC4)nc2n1-c1ccc(F)cc1. The van der Waals surface area contributed by atoms with E-state index in [1.807, 2.05) is 13.0 Å². The number of benzene rings is 2. The molecule has 5 rings (SSSR count). The van der Waals surface area contributed by atoms with E-state index in [0.717, 1.165) is 25.2 Å². The maximum atomic E-state index is 13.4. The summed E-state index contributed by atoms with van der Waals surface area (Å²) in [7, 11) is 0. The van der Waals surface area contributed by atoms with Crippen molar-refractivity contribution in [2.24, 2.45) is 0 Å². The van der Waals surface area contributed by atoms with Gasteiger partial charge in [0.1, 0.15) is 11.2 Å². The molecule has 0 saturated heterocycles. The number of halogens is 1. The molecule has 0 saturated carbocycles. The first kappa shape index (κ1) is 18.5. The maximum Gasteiger partial charge on any atom is 0.278 e. The van der Waals surface area contributed by atoms with Crippen LogP contribution in [0.5, 0.6) is 0 Å². The molecule has 8 heteroatoms. The number of anilines is 2. The number of aromatic nitrogens is 4. The Morgan fingerprint density at radius 1 is 1.17 bits per heavy atom. The second-order valence-corrected chi connectivity index (χ2v) is 7.28. The Morgan fingerprint density at radius 2 is 2.00 bits per heavy atom. The highest BCUT2D eigenvalue weighted by atomic mass is 19.1. The topological polar surface area (TPSA) is 76.8 Å². The van der Waals surface area contributed by atoms with E-state index in [4.69, 9.17) is 0 Å². The third-order valence-corrected chi connectivity index (χ3v) is 5.40. The van der Waals surface area contributed by atoms with Crippen molar-refractivity contribution in [2.75, 3.05) is 11.9 Å². The summed E-state index contributed by atoms with van der Waals surface area (Å²) in [6, 6.07) is 12.2. The van der Waals surface area contributed by atoms with Crippen LogP contribution < -0.4 is 16.2 Å². The monoisotopic (exact) mass is 404 g/mol. The van der Waals surface area contributed by atoms with Gasteiger partial charge in [-0.1, -0.05) is 6.07 Å². The first-order valence-corrected chi connectivity index (χ1v) is 9.98. The van der Waals surface area contributed by atoms with E-state index in [1.54, 1.807) is 27.7 Å². The van der Waals surface area contributed by atoms with Crippen LogP contribution in [-0.2, 0) is 19.5 Å². The summed E-state index contributed by atoms with van der Waals surface area (Å²) in [5, 5.41) is 7.04. The maximum absolute atomic E-state index is 13.4. The fourth-order valence-electron chi connectivity index (χ4n) is 3.90. The molecule has 7 nitrogen and oxygen atoms in total. The van der Waals surface area contributed by atoms with Gasteiger partial charge in [-0.15, -0.1) is 0 Å². The molecule has 0 fully saturated rings. The van der Waals surface area contributed by atoms with E-state index >= 15 is 0 Å². The summed E-state index contributed by atoms with van der Waals surface area (Å²) >= 11 is 0. The first-order valence-electron chi connectivity index (χ1n) is 9.98. The quantitative estimate of drug-likeness (QED) is 0.547. The Morgan fingerprint density at radius 3 is 2.80 bits per heavy atom. The van der Waals surface area contributed by atoms with Crippen LogP contribution in [0.4, 0.5) is 16.0 Å². The van der Waals surface area contributed by atoms with Crippen LogP contribution >= 0.6 is 0 Å². The minimum absolute atomic E-state index is 0.176. The first-order chi connectivity index (χ1) is 14.6. The summed E-state index contributed by atoms with van der Waals surface area (Å²) in [5.41, 5.74) is 4.48. The molecule has 4 aromatic rings. The van der Waals surface area contributed by atoms with Gasteiger partial charge in [0.25, 0.3) is 5.56 Å². The zero-order valence-electron chi connectivity index (χ0n) is 16.5. The minimum Gasteiger partial charge on any atom is -0.324 e. The highest BCUT2D eigenvalue weighted by Crippen LogP contribution is 2.22. The molecule has 2 N–H and O–H groups in total. The van der Waals surface area contributed by atoms with Crippen LogP contribution in [0, 0.1) is 5.82 Å². The minimum atomic E-state index is -0.333. The van der Waals surface area contributed by atoms with Crippen LogP contribution in [0.3, 0.4) is 0 Å². The highest BCUT2D eigenvalue weighted by molar-refractivity contribution is 5.77. The largest absolute Gasteiger partial charge is 0.324 e. The Labute approximate surface area is 172 Å². The van der Waals surface area contributed by atoms with Crippen molar-refractivity contribution in [3.05, 3.63) is 76.0 Å². The van der Waals surface area contributed by atoms with Gasteiger partial charge in [-0.3, -0.25) is 4.79 Å². The van der Waals surface area contributed by atoms with E-state index in [9.17, 15) is 9.18 Å². The van der Waals surface area contributed by atoms with Crippen molar-refractivity contribution >= 4 is 22.7 Å². The van der Waals surface area contributed by atoms with E-state index in [0.29, 0.717) is 29.2 Å². The molecule has 3 heterocycles. The fraction of sp³-hybridized carbons (Fsp3) is 0.227. The summed E-state index contributed by atoms with van der Waals surface area (Å²) in [5.74, 6) is 0.0701. The lowest BCUT2D eigenvalue weighted by Crippen LogP contribution is -2.23. The predicted molar refractivity (Wildman–Crippen MR) is 114 cm³/mol. The van der Waals surface area contributed by atoms with E-state index in [-0.39, 0.29) is 11.4 Å². The Hall–Kier alpha value is -3.52. The molecule has 0 radical (unpaired) electrons. The van der Waals surface area contributed by atoms with E-state index in [2.05, 4.69) is 32.7 Å². The third kappa shape index (κ3) is 3.15. The summed E-state index contributed by atoms with van der Waals surface area (Å²) in [4.78, 5) is 21.8. The smallest absolute Gasteiger partial charge is 0.278 e. The predicted octanol–water partition coefficient (Wildman–Crippen LogP) is 3.13.